The maximum Gasteiger partial charge on any atom is 0.323 e. The highest BCUT2D eigenvalue weighted by molar-refractivity contribution is 5.11. The van der Waals surface area contributed by atoms with Crippen LogP contribution in [0.2, 0.25) is 0 Å². The Bertz CT molecular complexity index is 1100. The average molecular weight is 702 g/mol. The van der Waals surface area contributed by atoms with Crippen LogP contribution in [0, 0.1) is 0 Å². The van der Waals surface area contributed by atoms with Gasteiger partial charge in [-0.05, 0) is 100 Å². The van der Waals surface area contributed by atoms with Gasteiger partial charge in [-0.25, -0.2) is 0 Å². The van der Waals surface area contributed by atoms with Crippen LogP contribution in [0.1, 0.15) is 183 Å². The molecular weight excluding hydrogens is 630 g/mol. The van der Waals surface area contributed by atoms with E-state index in [1.54, 1.807) is 0 Å². The van der Waals surface area contributed by atoms with Crippen LogP contribution in [0.4, 0.5) is 0 Å². The molecule has 50 heavy (non-hydrogen) atoms. The van der Waals surface area contributed by atoms with Gasteiger partial charge in [-0.3, -0.25) is 9.68 Å². The van der Waals surface area contributed by atoms with E-state index in [9.17, 15) is 0 Å². The Kier molecular flexibility index (Phi) is 13.1. The first kappa shape index (κ1) is 39.6. The van der Waals surface area contributed by atoms with Crippen molar-refractivity contribution in [2.24, 2.45) is 11.5 Å². The van der Waals surface area contributed by atoms with Crippen LogP contribution in [0.3, 0.4) is 0 Å². The molecule has 2 saturated carbocycles. The van der Waals surface area contributed by atoms with Crippen LogP contribution in [0.5, 0.6) is 12.0 Å². The Labute approximate surface area is 303 Å². The number of unbranched alkanes of at least 4 members (excludes halogenated alkanes) is 2. The first-order valence-electron chi connectivity index (χ1n) is 20.1. The van der Waals surface area contributed by atoms with Crippen molar-refractivity contribution in [2.75, 3.05) is 6.54 Å². The van der Waals surface area contributed by atoms with E-state index in [0.717, 1.165) is 77.0 Å². The van der Waals surface area contributed by atoms with Crippen LogP contribution in [0.15, 0.2) is 0 Å². The third-order valence-electron chi connectivity index (χ3n) is 11.4. The molecule has 0 spiro atoms. The van der Waals surface area contributed by atoms with E-state index in [1.165, 1.54) is 38.5 Å². The summed E-state index contributed by atoms with van der Waals surface area (Å²) in [7, 11) is 0. The van der Waals surface area contributed by atoms with Gasteiger partial charge in [0.1, 0.15) is 12.2 Å². The SMILES string of the molecule is CC1(C)CC(Oc2nc(OC3CC(C)(C)N(OC4CCCCC4)C(C)(C)C3)nc([C@@H](N)CCCCCN)n2)CC(C)(C)N1OC1CCCCC1. The molecule has 2 aliphatic carbocycles. The molecule has 1 aromatic heterocycles. The zero-order valence-corrected chi connectivity index (χ0v) is 32.8. The molecule has 0 unspecified atom stereocenters. The monoisotopic (exact) mass is 702 g/mol. The number of nitrogens with zero attached hydrogens (tertiary/aromatic N) is 5. The Morgan fingerprint density at radius 3 is 1.36 bits per heavy atom. The molecule has 0 radical (unpaired) electrons. The Hall–Kier alpha value is -1.63. The van der Waals surface area contributed by atoms with Crippen LogP contribution in [-0.4, -0.2) is 78.2 Å². The van der Waals surface area contributed by atoms with Gasteiger partial charge in [0.25, 0.3) is 0 Å². The first-order chi connectivity index (χ1) is 23.6. The highest BCUT2D eigenvalue weighted by Gasteiger charge is 2.50. The molecule has 0 amide bonds. The summed E-state index contributed by atoms with van der Waals surface area (Å²) in [5.41, 5.74) is 11.5. The smallest absolute Gasteiger partial charge is 0.323 e. The van der Waals surface area contributed by atoms with Gasteiger partial charge in [0.05, 0.1) is 18.2 Å². The van der Waals surface area contributed by atoms with Gasteiger partial charge in [-0.15, -0.1) is 4.98 Å². The maximum absolute atomic E-state index is 6.73. The summed E-state index contributed by atoms with van der Waals surface area (Å²) in [4.78, 5) is 27.9. The standard InChI is InChI=1S/C39H71N7O4/c1-36(2)24-30(25-37(3,4)45(36)49-28-18-12-9-13-19-28)47-34-42-33(32(41)22-16-11-17-23-40)43-35(44-34)48-31-26-38(5,6)46(39(7,8)27-31)50-29-20-14-10-15-21-29/h28-32H,9-27,40-41H2,1-8H3/t32-/m0/s1. The molecule has 11 heteroatoms. The fraction of sp³-hybridized carbons (Fsp3) is 0.923. The number of rotatable bonds is 14. The van der Waals surface area contributed by atoms with Crippen molar-refractivity contribution < 1.29 is 19.1 Å². The van der Waals surface area contributed by atoms with Crippen LogP contribution in [0.25, 0.3) is 0 Å². The molecular formula is C39H71N7O4. The van der Waals surface area contributed by atoms with Gasteiger partial charge < -0.3 is 20.9 Å². The molecule has 0 aromatic carbocycles. The van der Waals surface area contributed by atoms with Gasteiger partial charge >= 0.3 is 12.0 Å². The predicted molar refractivity (Wildman–Crippen MR) is 197 cm³/mol. The molecule has 1 atom stereocenters. The lowest BCUT2D eigenvalue weighted by Gasteiger charge is -2.54. The minimum absolute atomic E-state index is 0.104. The van der Waals surface area contributed by atoms with E-state index in [-0.39, 0.29) is 64.6 Å². The predicted octanol–water partition coefficient (Wildman–Crippen LogP) is 7.72. The number of nitrogens with two attached hydrogens (primary N) is 2. The zero-order valence-electron chi connectivity index (χ0n) is 32.8. The molecule has 2 saturated heterocycles. The summed E-state index contributed by atoms with van der Waals surface area (Å²) in [6.45, 7) is 18.7. The van der Waals surface area contributed by atoms with Crippen molar-refractivity contribution in [1.82, 2.24) is 25.1 Å². The van der Waals surface area contributed by atoms with E-state index in [2.05, 4.69) is 65.5 Å². The lowest BCUT2D eigenvalue weighted by molar-refractivity contribution is -0.316. The van der Waals surface area contributed by atoms with Crippen LogP contribution >= 0.6 is 0 Å². The van der Waals surface area contributed by atoms with E-state index in [1.807, 2.05) is 0 Å². The second-order valence-electron chi connectivity index (χ2n) is 18.4. The van der Waals surface area contributed by atoms with Crippen molar-refractivity contribution in [3.63, 3.8) is 0 Å². The number of hydrogen-bond acceptors (Lipinski definition) is 11. The molecule has 4 aliphatic rings. The first-order valence-corrected chi connectivity index (χ1v) is 20.1. The maximum atomic E-state index is 6.73. The minimum Gasteiger partial charge on any atom is -0.460 e. The number of hydrogen-bond donors (Lipinski definition) is 2. The second-order valence-corrected chi connectivity index (χ2v) is 18.4. The Balaban J connectivity index is 1.32. The summed E-state index contributed by atoms with van der Waals surface area (Å²) in [6.07, 6.45) is 19.4. The van der Waals surface area contributed by atoms with E-state index in [4.69, 9.17) is 45.6 Å². The van der Waals surface area contributed by atoms with E-state index < -0.39 is 0 Å². The number of piperidine rings is 2. The normalized spacial score (nSPS) is 26.1. The lowest BCUT2D eigenvalue weighted by atomic mass is 9.80. The second kappa shape index (κ2) is 16.6. The summed E-state index contributed by atoms with van der Waals surface area (Å²) >= 11 is 0. The van der Waals surface area contributed by atoms with Gasteiger partial charge in [0, 0.05) is 47.8 Å². The number of aromatic nitrogens is 3. The molecule has 1 aromatic rings. The van der Waals surface area contributed by atoms with E-state index >= 15 is 0 Å². The van der Waals surface area contributed by atoms with Crippen molar-refractivity contribution in [1.29, 1.82) is 0 Å². The molecule has 5 rings (SSSR count). The van der Waals surface area contributed by atoms with E-state index in [0.29, 0.717) is 12.4 Å². The van der Waals surface area contributed by atoms with Crippen molar-refractivity contribution >= 4 is 0 Å². The summed E-state index contributed by atoms with van der Waals surface area (Å²) in [5, 5.41) is 4.52. The fourth-order valence-corrected chi connectivity index (χ4v) is 9.46. The number of ether oxygens (including phenoxy) is 2. The highest BCUT2D eigenvalue weighted by Crippen LogP contribution is 2.43. The largest absolute Gasteiger partial charge is 0.460 e. The molecule has 4 N–H and O–H groups in total. The van der Waals surface area contributed by atoms with Crippen LogP contribution in [-0.2, 0) is 9.68 Å². The molecule has 286 valence electrons. The summed E-state index contributed by atoms with van der Waals surface area (Å²) in [5.74, 6) is 0.519. The van der Waals surface area contributed by atoms with Gasteiger partial charge in [0.15, 0.2) is 5.82 Å². The number of hydroxylamine groups is 4. The molecule has 3 heterocycles. The topological polar surface area (TPSA) is 134 Å². The van der Waals surface area contributed by atoms with Crippen LogP contribution < -0.4 is 20.9 Å². The third-order valence-corrected chi connectivity index (χ3v) is 11.4. The Morgan fingerprint density at radius 2 is 0.980 bits per heavy atom. The molecule has 11 nitrogen and oxygen atoms in total. The van der Waals surface area contributed by atoms with Crippen molar-refractivity contribution in [3.8, 4) is 12.0 Å². The Morgan fingerprint density at radius 1 is 0.580 bits per heavy atom. The van der Waals surface area contributed by atoms with Gasteiger partial charge in [0.2, 0.25) is 0 Å². The van der Waals surface area contributed by atoms with Gasteiger partial charge in [-0.2, -0.15) is 20.1 Å². The summed E-state index contributed by atoms with van der Waals surface area (Å²) in [6, 6.07) is 0.229. The summed E-state index contributed by atoms with van der Waals surface area (Å²) < 4.78 is 13.4. The fourth-order valence-electron chi connectivity index (χ4n) is 9.46. The van der Waals surface area contributed by atoms with Crippen molar-refractivity contribution in [3.05, 3.63) is 5.82 Å². The lowest BCUT2D eigenvalue weighted by Crippen LogP contribution is -2.63. The zero-order chi connectivity index (χ0) is 36.2. The van der Waals surface area contributed by atoms with Gasteiger partial charge in [-0.1, -0.05) is 51.4 Å². The minimum atomic E-state index is -0.349. The molecule has 0 bridgehead atoms. The average Bonchev–Trinajstić information content (AvgIpc) is 3.03. The molecule has 2 aliphatic heterocycles. The quantitative estimate of drug-likeness (QED) is 0.185. The molecule has 4 fully saturated rings. The highest BCUT2D eigenvalue weighted by atomic mass is 16.7. The third kappa shape index (κ3) is 10.3. The van der Waals surface area contributed by atoms with Crippen molar-refractivity contribution in [2.45, 2.75) is 224 Å².